The van der Waals surface area contributed by atoms with Gasteiger partial charge in [0.2, 0.25) is 0 Å². The van der Waals surface area contributed by atoms with Crippen molar-refractivity contribution < 1.29 is 9.53 Å². The van der Waals surface area contributed by atoms with Gasteiger partial charge in [0, 0.05) is 48.0 Å². The highest BCUT2D eigenvalue weighted by Crippen LogP contribution is 2.25. The second-order valence-corrected chi connectivity index (χ2v) is 8.04. The molecule has 1 unspecified atom stereocenters. The Bertz CT molecular complexity index is 1010. The SMILES string of the molecule is O=C(c1cccc(N2CCCC2)c1)N1CCOCC1Cc1c[nH]c2ccccc12. The van der Waals surface area contributed by atoms with Crippen molar-refractivity contribution in [2.45, 2.75) is 25.3 Å². The lowest BCUT2D eigenvalue weighted by molar-refractivity contribution is -0.00155. The number of amides is 1. The second kappa shape index (κ2) is 7.91. The molecule has 1 amide bonds. The molecular weight excluding hydrogens is 362 g/mol. The third-order valence-corrected chi connectivity index (χ3v) is 6.18. The Morgan fingerprint density at radius 3 is 2.83 bits per heavy atom. The van der Waals surface area contributed by atoms with E-state index in [0.717, 1.165) is 36.3 Å². The lowest BCUT2D eigenvalue weighted by atomic mass is 10.0. The normalized spacial score (nSPS) is 19.8. The number of benzene rings is 2. The van der Waals surface area contributed by atoms with E-state index in [9.17, 15) is 4.79 Å². The molecule has 2 fully saturated rings. The topological polar surface area (TPSA) is 48.6 Å². The molecule has 5 rings (SSSR count). The molecule has 2 saturated heterocycles. The van der Waals surface area contributed by atoms with Crippen molar-refractivity contribution in [3.05, 3.63) is 65.9 Å². The number of ether oxygens (including phenoxy) is 1. The third-order valence-electron chi connectivity index (χ3n) is 6.18. The third kappa shape index (κ3) is 3.62. The quantitative estimate of drug-likeness (QED) is 0.737. The summed E-state index contributed by atoms with van der Waals surface area (Å²) >= 11 is 0. The van der Waals surface area contributed by atoms with Crippen LogP contribution in [0.1, 0.15) is 28.8 Å². The minimum Gasteiger partial charge on any atom is -0.377 e. The maximum atomic E-state index is 13.4. The molecule has 0 aliphatic carbocycles. The van der Waals surface area contributed by atoms with E-state index >= 15 is 0 Å². The van der Waals surface area contributed by atoms with Crippen molar-refractivity contribution in [3.8, 4) is 0 Å². The molecule has 3 aromatic rings. The van der Waals surface area contributed by atoms with Crippen molar-refractivity contribution in [1.82, 2.24) is 9.88 Å². The van der Waals surface area contributed by atoms with Crippen LogP contribution in [0, 0.1) is 0 Å². The van der Waals surface area contributed by atoms with Gasteiger partial charge in [-0.15, -0.1) is 0 Å². The summed E-state index contributed by atoms with van der Waals surface area (Å²) in [5.74, 6) is 0.110. The summed E-state index contributed by atoms with van der Waals surface area (Å²) in [7, 11) is 0. The van der Waals surface area contributed by atoms with Crippen LogP contribution >= 0.6 is 0 Å². The Balaban J connectivity index is 1.38. The molecule has 0 radical (unpaired) electrons. The fourth-order valence-corrected chi connectivity index (χ4v) is 4.62. The number of nitrogens with one attached hydrogen (secondary N) is 1. The van der Waals surface area contributed by atoms with Crippen LogP contribution in [0.4, 0.5) is 5.69 Å². The highest BCUT2D eigenvalue weighted by molar-refractivity contribution is 5.95. The molecule has 3 heterocycles. The first-order chi connectivity index (χ1) is 14.3. The van der Waals surface area contributed by atoms with E-state index < -0.39 is 0 Å². The Morgan fingerprint density at radius 2 is 1.93 bits per heavy atom. The van der Waals surface area contributed by atoms with Gasteiger partial charge in [-0.05, 0) is 49.1 Å². The summed E-state index contributed by atoms with van der Waals surface area (Å²) in [5, 5.41) is 1.22. The number of anilines is 1. The largest absolute Gasteiger partial charge is 0.377 e. The van der Waals surface area contributed by atoms with Crippen molar-refractivity contribution >= 4 is 22.5 Å². The van der Waals surface area contributed by atoms with Crippen LogP contribution in [-0.4, -0.2) is 54.7 Å². The van der Waals surface area contributed by atoms with Gasteiger partial charge >= 0.3 is 0 Å². The van der Waals surface area contributed by atoms with Gasteiger partial charge in [-0.2, -0.15) is 0 Å². The number of hydrogen-bond acceptors (Lipinski definition) is 3. The monoisotopic (exact) mass is 389 g/mol. The highest BCUT2D eigenvalue weighted by atomic mass is 16.5. The van der Waals surface area contributed by atoms with E-state index in [1.807, 2.05) is 23.1 Å². The predicted molar refractivity (Wildman–Crippen MR) is 116 cm³/mol. The number of hydrogen-bond donors (Lipinski definition) is 1. The van der Waals surface area contributed by atoms with Gasteiger partial charge in [0.1, 0.15) is 0 Å². The Kier molecular flexibility index (Phi) is 4.98. The average Bonchev–Trinajstić information content (AvgIpc) is 3.45. The van der Waals surface area contributed by atoms with Crippen molar-refractivity contribution in [3.63, 3.8) is 0 Å². The Morgan fingerprint density at radius 1 is 1.07 bits per heavy atom. The van der Waals surface area contributed by atoms with Crippen molar-refractivity contribution in [1.29, 1.82) is 0 Å². The lowest BCUT2D eigenvalue weighted by Crippen LogP contribution is -2.49. The standard InChI is InChI=1S/C24H27N3O2/c28-24(18-6-5-7-20(14-18)26-10-3-4-11-26)27-12-13-29-17-21(27)15-19-16-25-23-9-2-1-8-22(19)23/h1-2,5-9,14,16,21,25H,3-4,10-13,15,17H2. The van der Waals surface area contributed by atoms with Gasteiger partial charge in [0.05, 0.1) is 19.3 Å². The van der Waals surface area contributed by atoms with Crippen LogP contribution in [0.25, 0.3) is 10.9 Å². The summed E-state index contributed by atoms with van der Waals surface area (Å²) < 4.78 is 5.75. The van der Waals surface area contributed by atoms with E-state index in [2.05, 4.69) is 46.4 Å². The summed E-state index contributed by atoms with van der Waals surface area (Å²) in [4.78, 5) is 21.1. The zero-order valence-corrected chi connectivity index (χ0v) is 16.6. The molecule has 1 N–H and O–H groups in total. The minimum atomic E-state index is 0.0471. The van der Waals surface area contributed by atoms with Gasteiger partial charge < -0.3 is 19.5 Å². The van der Waals surface area contributed by atoms with E-state index in [1.54, 1.807) is 0 Å². The number of rotatable bonds is 4. The van der Waals surface area contributed by atoms with Gasteiger partial charge in [0.25, 0.3) is 5.91 Å². The van der Waals surface area contributed by atoms with E-state index in [1.165, 1.54) is 23.8 Å². The molecule has 0 bridgehead atoms. The number of aromatic nitrogens is 1. The van der Waals surface area contributed by atoms with Crippen LogP contribution < -0.4 is 4.90 Å². The maximum absolute atomic E-state index is 13.4. The summed E-state index contributed by atoms with van der Waals surface area (Å²) in [6.45, 7) is 3.98. The Hall–Kier alpha value is -2.79. The highest BCUT2D eigenvalue weighted by Gasteiger charge is 2.29. The Labute approximate surface area is 171 Å². The predicted octanol–water partition coefficient (Wildman–Crippen LogP) is 3.85. The van der Waals surface area contributed by atoms with Crippen LogP contribution in [-0.2, 0) is 11.2 Å². The van der Waals surface area contributed by atoms with E-state index in [0.29, 0.717) is 19.8 Å². The number of carbonyl (C=O) groups excluding carboxylic acids is 1. The number of aromatic amines is 1. The van der Waals surface area contributed by atoms with E-state index in [4.69, 9.17) is 4.74 Å². The molecule has 2 aliphatic heterocycles. The van der Waals surface area contributed by atoms with Crippen LogP contribution in [0.15, 0.2) is 54.7 Å². The molecule has 1 atom stereocenters. The lowest BCUT2D eigenvalue weighted by Gasteiger charge is -2.36. The molecule has 5 nitrogen and oxygen atoms in total. The van der Waals surface area contributed by atoms with Crippen molar-refractivity contribution in [2.24, 2.45) is 0 Å². The molecular formula is C24H27N3O2. The second-order valence-electron chi connectivity index (χ2n) is 8.04. The van der Waals surface area contributed by atoms with Gasteiger partial charge in [0.15, 0.2) is 0 Å². The molecule has 29 heavy (non-hydrogen) atoms. The van der Waals surface area contributed by atoms with Gasteiger partial charge in [-0.25, -0.2) is 0 Å². The first-order valence-corrected chi connectivity index (χ1v) is 10.6. The zero-order chi connectivity index (χ0) is 19.6. The van der Waals surface area contributed by atoms with Crippen LogP contribution in [0.3, 0.4) is 0 Å². The maximum Gasteiger partial charge on any atom is 0.254 e. The number of carbonyl (C=O) groups is 1. The molecule has 2 aliphatic rings. The molecule has 0 saturated carbocycles. The summed E-state index contributed by atoms with van der Waals surface area (Å²) in [6.07, 6.45) is 5.32. The molecule has 1 aromatic heterocycles. The average molecular weight is 389 g/mol. The number of nitrogens with zero attached hydrogens (tertiary/aromatic N) is 2. The minimum absolute atomic E-state index is 0.0471. The fraction of sp³-hybridized carbons (Fsp3) is 0.375. The number of H-pyrrole nitrogens is 1. The zero-order valence-electron chi connectivity index (χ0n) is 16.6. The van der Waals surface area contributed by atoms with Crippen LogP contribution in [0.5, 0.6) is 0 Å². The summed E-state index contributed by atoms with van der Waals surface area (Å²) in [6, 6.07) is 16.5. The van der Waals surface area contributed by atoms with Gasteiger partial charge in [-0.1, -0.05) is 24.3 Å². The molecule has 2 aromatic carbocycles. The summed E-state index contributed by atoms with van der Waals surface area (Å²) in [5.41, 5.74) is 4.31. The number of morpholine rings is 1. The number of para-hydroxylation sites is 1. The smallest absolute Gasteiger partial charge is 0.254 e. The van der Waals surface area contributed by atoms with Gasteiger partial charge in [-0.3, -0.25) is 4.79 Å². The molecule has 5 heteroatoms. The fourth-order valence-electron chi connectivity index (χ4n) is 4.62. The molecule has 0 spiro atoms. The van der Waals surface area contributed by atoms with Crippen molar-refractivity contribution in [2.75, 3.05) is 37.7 Å². The number of fused-ring (bicyclic) bond motifs is 1. The van der Waals surface area contributed by atoms with E-state index in [-0.39, 0.29) is 11.9 Å². The first-order valence-electron chi connectivity index (χ1n) is 10.6. The molecule has 150 valence electrons. The first kappa shape index (κ1) is 18.3. The van der Waals surface area contributed by atoms with Crippen LogP contribution in [0.2, 0.25) is 0 Å².